The molecule has 0 aromatic heterocycles. The fraction of sp³-hybridized carbons (Fsp3) is 0.933. The van der Waals surface area contributed by atoms with Crippen molar-refractivity contribution in [3.63, 3.8) is 0 Å². The molecule has 0 bridgehead atoms. The summed E-state index contributed by atoms with van der Waals surface area (Å²) in [6.07, 6.45) is 10.9. The number of piperidine rings is 1. The summed E-state index contributed by atoms with van der Waals surface area (Å²) in [7, 11) is 2.16. The maximum absolute atomic E-state index is 12.1. The van der Waals surface area contributed by atoms with Crippen LogP contribution in [-0.4, -0.2) is 37.0 Å². The second-order valence-electron chi connectivity index (χ2n) is 6.23. The van der Waals surface area contributed by atoms with Crippen LogP contribution in [0.4, 0.5) is 0 Å². The van der Waals surface area contributed by atoms with Gasteiger partial charge in [0.1, 0.15) is 0 Å². The van der Waals surface area contributed by atoms with Crippen LogP contribution < -0.4 is 5.32 Å². The average Bonchev–Trinajstić information content (AvgIpc) is 2.57. The van der Waals surface area contributed by atoms with E-state index < -0.39 is 0 Å². The Balaban J connectivity index is 1.70. The molecular formula is C15H28N2O. The maximum atomic E-state index is 12.1. The number of likely N-dealkylation sites (tertiary alicyclic amines) is 1. The fourth-order valence-corrected chi connectivity index (χ4v) is 3.41. The van der Waals surface area contributed by atoms with Crippen molar-refractivity contribution in [3.8, 4) is 0 Å². The zero-order chi connectivity index (χ0) is 12.8. The number of hydrogen-bond acceptors (Lipinski definition) is 2. The molecular weight excluding hydrogens is 224 g/mol. The monoisotopic (exact) mass is 252 g/mol. The molecule has 1 heterocycles. The summed E-state index contributed by atoms with van der Waals surface area (Å²) in [5.41, 5.74) is 0. The third kappa shape index (κ3) is 4.60. The summed E-state index contributed by atoms with van der Waals surface area (Å²) in [6, 6.07) is 0.460. The molecule has 1 saturated heterocycles. The van der Waals surface area contributed by atoms with E-state index in [1.54, 1.807) is 0 Å². The predicted molar refractivity (Wildman–Crippen MR) is 74.5 cm³/mol. The van der Waals surface area contributed by atoms with Crippen LogP contribution in [0.15, 0.2) is 0 Å². The topological polar surface area (TPSA) is 32.3 Å². The van der Waals surface area contributed by atoms with Gasteiger partial charge in [0.2, 0.25) is 5.91 Å². The molecule has 3 nitrogen and oxygen atoms in total. The molecule has 1 atom stereocenters. The summed E-state index contributed by atoms with van der Waals surface area (Å²) in [6.45, 7) is 2.29. The Bertz CT molecular complexity index is 253. The van der Waals surface area contributed by atoms with Crippen LogP contribution in [0.3, 0.4) is 0 Å². The fourth-order valence-electron chi connectivity index (χ4n) is 3.41. The lowest BCUT2D eigenvalue weighted by atomic mass is 9.94. The Labute approximate surface area is 111 Å². The molecule has 1 saturated carbocycles. The Hall–Kier alpha value is -0.570. The number of carbonyl (C=O) groups excluding carboxylic acids is 1. The van der Waals surface area contributed by atoms with Crippen LogP contribution in [-0.2, 0) is 4.79 Å². The number of rotatable bonds is 3. The van der Waals surface area contributed by atoms with Gasteiger partial charge in [0.25, 0.3) is 0 Å². The highest BCUT2D eigenvalue weighted by atomic mass is 16.1. The Morgan fingerprint density at radius 3 is 2.50 bits per heavy atom. The minimum absolute atomic E-state index is 0.294. The van der Waals surface area contributed by atoms with E-state index >= 15 is 0 Å². The Morgan fingerprint density at radius 2 is 1.83 bits per heavy atom. The lowest BCUT2D eigenvalue weighted by Crippen LogP contribution is -2.39. The molecule has 1 aliphatic carbocycles. The standard InChI is InChI=1S/C15H28N2O/c1-17-10-6-7-13(12-17)11-15(18)16-14-8-4-2-3-5-9-14/h13-14H,2-12H2,1H3,(H,16,18). The molecule has 104 valence electrons. The summed E-state index contributed by atoms with van der Waals surface area (Å²) in [5, 5.41) is 3.26. The third-order valence-corrected chi connectivity index (χ3v) is 4.42. The van der Waals surface area contributed by atoms with Crippen LogP contribution in [0.25, 0.3) is 0 Å². The maximum Gasteiger partial charge on any atom is 0.220 e. The van der Waals surface area contributed by atoms with Gasteiger partial charge in [0.15, 0.2) is 0 Å². The molecule has 0 aromatic carbocycles. The highest BCUT2D eigenvalue weighted by molar-refractivity contribution is 5.76. The predicted octanol–water partition coefficient (Wildman–Crippen LogP) is 2.56. The Kier molecular flexibility index (Phi) is 5.48. The van der Waals surface area contributed by atoms with E-state index in [0.717, 1.165) is 13.0 Å². The Morgan fingerprint density at radius 1 is 1.11 bits per heavy atom. The quantitative estimate of drug-likeness (QED) is 0.783. The van der Waals surface area contributed by atoms with Gasteiger partial charge in [-0.25, -0.2) is 0 Å². The van der Waals surface area contributed by atoms with Gasteiger partial charge in [0, 0.05) is 19.0 Å². The number of nitrogens with zero attached hydrogens (tertiary/aromatic N) is 1. The molecule has 18 heavy (non-hydrogen) atoms. The zero-order valence-electron chi connectivity index (χ0n) is 11.8. The molecule has 1 N–H and O–H groups in total. The summed E-state index contributed by atoms with van der Waals surface area (Å²) in [4.78, 5) is 14.4. The van der Waals surface area contributed by atoms with Crippen molar-refractivity contribution in [2.24, 2.45) is 5.92 Å². The second kappa shape index (κ2) is 7.13. The van der Waals surface area contributed by atoms with Crippen LogP contribution >= 0.6 is 0 Å². The lowest BCUT2D eigenvalue weighted by molar-refractivity contribution is -0.123. The van der Waals surface area contributed by atoms with E-state index in [1.165, 1.54) is 57.9 Å². The first kappa shape index (κ1) is 13.9. The molecule has 0 spiro atoms. The van der Waals surface area contributed by atoms with Crippen molar-refractivity contribution in [2.75, 3.05) is 20.1 Å². The van der Waals surface area contributed by atoms with Crippen molar-refractivity contribution in [3.05, 3.63) is 0 Å². The summed E-state index contributed by atoms with van der Waals surface area (Å²) >= 11 is 0. The number of carbonyl (C=O) groups is 1. The van der Waals surface area contributed by atoms with Crippen molar-refractivity contribution in [1.82, 2.24) is 10.2 Å². The molecule has 2 fully saturated rings. The van der Waals surface area contributed by atoms with Gasteiger partial charge in [0.05, 0.1) is 0 Å². The van der Waals surface area contributed by atoms with E-state index in [2.05, 4.69) is 17.3 Å². The summed E-state index contributed by atoms with van der Waals surface area (Å²) < 4.78 is 0. The largest absolute Gasteiger partial charge is 0.353 e. The first-order valence-electron chi connectivity index (χ1n) is 7.72. The third-order valence-electron chi connectivity index (χ3n) is 4.42. The summed E-state index contributed by atoms with van der Waals surface area (Å²) in [5.74, 6) is 0.872. The first-order valence-corrected chi connectivity index (χ1v) is 7.72. The van der Waals surface area contributed by atoms with Crippen LogP contribution in [0.2, 0.25) is 0 Å². The van der Waals surface area contributed by atoms with Crippen LogP contribution in [0, 0.1) is 5.92 Å². The number of nitrogens with one attached hydrogen (secondary N) is 1. The van der Waals surface area contributed by atoms with Gasteiger partial charge >= 0.3 is 0 Å². The van der Waals surface area contributed by atoms with E-state index in [0.29, 0.717) is 17.9 Å². The van der Waals surface area contributed by atoms with Gasteiger partial charge in [-0.2, -0.15) is 0 Å². The molecule has 2 rings (SSSR count). The molecule has 2 aliphatic rings. The minimum atomic E-state index is 0.294. The van der Waals surface area contributed by atoms with Gasteiger partial charge in [-0.1, -0.05) is 25.7 Å². The van der Waals surface area contributed by atoms with Gasteiger partial charge in [-0.3, -0.25) is 4.79 Å². The van der Waals surface area contributed by atoms with Crippen molar-refractivity contribution in [2.45, 2.75) is 63.8 Å². The minimum Gasteiger partial charge on any atom is -0.353 e. The number of hydrogen-bond donors (Lipinski definition) is 1. The van der Waals surface area contributed by atoms with Gasteiger partial charge < -0.3 is 10.2 Å². The van der Waals surface area contributed by atoms with Crippen molar-refractivity contribution in [1.29, 1.82) is 0 Å². The second-order valence-corrected chi connectivity index (χ2v) is 6.23. The molecule has 1 amide bonds. The van der Waals surface area contributed by atoms with E-state index in [1.807, 2.05) is 0 Å². The zero-order valence-corrected chi connectivity index (χ0v) is 11.8. The van der Waals surface area contributed by atoms with Gasteiger partial charge in [-0.05, 0) is 45.2 Å². The molecule has 0 radical (unpaired) electrons. The molecule has 0 aromatic rings. The van der Waals surface area contributed by atoms with Gasteiger partial charge in [-0.15, -0.1) is 0 Å². The van der Waals surface area contributed by atoms with Crippen LogP contribution in [0.1, 0.15) is 57.8 Å². The van der Waals surface area contributed by atoms with E-state index in [9.17, 15) is 4.79 Å². The van der Waals surface area contributed by atoms with E-state index in [4.69, 9.17) is 0 Å². The van der Waals surface area contributed by atoms with E-state index in [-0.39, 0.29) is 0 Å². The highest BCUT2D eigenvalue weighted by Gasteiger charge is 2.21. The average molecular weight is 252 g/mol. The van der Waals surface area contributed by atoms with Crippen molar-refractivity contribution < 1.29 is 4.79 Å². The lowest BCUT2D eigenvalue weighted by Gasteiger charge is -2.29. The highest BCUT2D eigenvalue weighted by Crippen LogP contribution is 2.20. The normalized spacial score (nSPS) is 27.7. The molecule has 1 aliphatic heterocycles. The van der Waals surface area contributed by atoms with Crippen molar-refractivity contribution >= 4 is 5.91 Å². The SMILES string of the molecule is CN1CCCC(CC(=O)NC2CCCCCC2)C1. The van der Waals surface area contributed by atoms with Crippen LogP contribution in [0.5, 0.6) is 0 Å². The molecule has 1 unspecified atom stereocenters. The first-order chi connectivity index (χ1) is 8.74. The number of amides is 1. The molecule has 3 heteroatoms. The smallest absolute Gasteiger partial charge is 0.220 e.